The molecule has 1 atom stereocenters. The van der Waals surface area contributed by atoms with E-state index < -0.39 is 17.8 Å². The molecule has 1 N–H and O–H groups in total. The molecule has 0 aromatic heterocycles. The van der Waals surface area contributed by atoms with Gasteiger partial charge in [0.25, 0.3) is 0 Å². The maximum absolute atomic E-state index is 13.8. The Bertz CT molecular complexity index is 971. The summed E-state index contributed by atoms with van der Waals surface area (Å²) in [7, 11) is 1.15. The third kappa shape index (κ3) is 3.93. The predicted molar refractivity (Wildman–Crippen MR) is 102 cm³/mol. The van der Waals surface area contributed by atoms with Gasteiger partial charge in [-0.3, -0.25) is 9.59 Å². The lowest BCUT2D eigenvalue weighted by atomic mass is 9.93. The molecule has 0 saturated heterocycles. The third-order valence-electron chi connectivity index (χ3n) is 4.50. The second-order valence-electron chi connectivity index (χ2n) is 6.33. The fourth-order valence-electron chi connectivity index (χ4n) is 3.17. The second-order valence-corrected chi connectivity index (χ2v) is 6.33. The van der Waals surface area contributed by atoms with Crippen molar-refractivity contribution in [3.8, 4) is 0 Å². The Hall–Kier alpha value is -3.48. The van der Waals surface area contributed by atoms with Gasteiger partial charge in [0, 0.05) is 18.8 Å². The monoisotopic (exact) mass is 382 g/mol. The highest BCUT2D eigenvalue weighted by Crippen LogP contribution is 2.33. The van der Waals surface area contributed by atoms with Crippen molar-refractivity contribution in [2.24, 2.45) is 0 Å². The summed E-state index contributed by atoms with van der Waals surface area (Å²) in [6.45, 7) is 1.44. The topological polar surface area (TPSA) is 75.7 Å². The van der Waals surface area contributed by atoms with Gasteiger partial charge in [0.2, 0.25) is 11.8 Å². The van der Waals surface area contributed by atoms with E-state index in [1.54, 1.807) is 6.20 Å². The van der Waals surface area contributed by atoms with Gasteiger partial charge in [-0.15, -0.1) is 0 Å². The van der Waals surface area contributed by atoms with Crippen LogP contribution in [0.2, 0.25) is 0 Å². The Labute approximate surface area is 161 Å². The highest BCUT2D eigenvalue weighted by molar-refractivity contribution is 5.95. The molecule has 0 spiro atoms. The quantitative estimate of drug-likeness (QED) is 0.821. The zero-order chi connectivity index (χ0) is 20.3. The fraction of sp³-hybridized carbons (Fsp3) is 0.190. The van der Waals surface area contributed by atoms with Crippen LogP contribution in [0, 0.1) is 5.82 Å². The standard InChI is InChI=1S/C21H19FN2O4/c1-13(25)24-10-9-14-5-3-4-6-16(14)19(24)12-20(26)23-15-7-8-18(22)17(11-15)21(27)28-2/h3-11,19H,12H2,1-2H3,(H,23,26)/t19-/m1/s1. The molecule has 1 aliphatic heterocycles. The fourth-order valence-corrected chi connectivity index (χ4v) is 3.17. The molecule has 7 heteroatoms. The van der Waals surface area contributed by atoms with E-state index in [2.05, 4.69) is 10.1 Å². The van der Waals surface area contributed by atoms with Gasteiger partial charge in [-0.2, -0.15) is 0 Å². The number of hydrogen-bond donors (Lipinski definition) is 1. The number of anilines is 1. The molecule has 2 aromatic rings. The van der Waals surface area contributed by atoms with Crippen LogP contribution in [-0.2, 0) is 14.3 Å². The van der Waals surface area contributed by atoms with Gasteiger partial charge in [-0.1, -0.05) is 24.3 Å². The number of nitrogens with one attached hydrogen (secondary N) is 1. The first-order valence-electron chi connectivity index (χ1n) is 8.64. The van der Waals surface area contributed by atoms with Crippen LogP contribution in [0.5, 0.6) is 0 Å². The highest BCUT2D eigenvalue weighted by Gasteiger charge is 2.28. The Kier molecular flexibility index (Phi) is 5.54. The SMILES string of the molecule is COC(=O)c1cc(NC(=O)C[C@@H]2c3ccccc3C=CN2C(C)=O)ccc1F. The predicted octanol–water partition coefficient (Wildman–Crippen LogP) is 3.52. The molecule has 2 amide bonds. The number of halogens is 1. The molecule has 1 aliphatic rings. The number of ether oxygens (including phenoxy) is 1. The lowest BCUT2D eigenvalue weighted by Gasteiger charge is -2.32. The summed E-state index contributed by atoms with van der Waals surface area (Å²) in [4.78, 5) is 37.7. The Balaban J connectivity index is 1.81. The van der Waals surface area contributed by atoms with Gasteiger partial charge >= 0.3 is 5.97 Å². The molecular weight excluding hydrogens is 363 g/mol. The van der Waals surface area contributed by atoms with Crippen molar-refractivity contribution >= 4 is 29.5 Å². The lowest BCUT2D eigenvalue weighted by molar-refractivity contribution is -0.129. The largest absolute Gasteiger partial charge is 0.465 e. The van der Waals surface area contributed by atoms with Crippen molar-refractivity contribution in [3.63, 3.8) is 0 Å². The van der Waals surface area contributed by atoms with Crippen molar-refractivity contribution in [3.05, 3.63) is 71.2 Å². The zero-order valence-corrected chi connectivity index (χ0v) is 15.4. The van der Waals surface area contributed by atoms with Crippen LogP contribution in [0.15, 0.2) is 48.7 Å². The summed E-state index contributed by atoms with van der Waals surface area (Å²) in [5, 5.41) is 2.65. The van der Waals surface area contributed by atoms with Crippen LogP contribution >= 0.6 is 0 Å². The summed E-state index contributed by atoms with van der Waals surface area (Å²) in [6.07, 6.45) is 3.50. The van der Waals surface area contributed by atoms with Gasteiger partial charge in [0.05, 0.1) is 25.1 Å². The molecule has 0 radical (unpaired) electrons. The maximum atomic E-state index is 13.8. The summed E-state index contributed by atoms with van der Waals surface area (Å²) >= 11 is 0. The van der Waals surface area contributed by atoms with Crippen LogP contribution in [0.25, 0.3) is 6.08 Å². The molecular formula is C21H19FN2O4. The van der Waals surface area contributed by atoms with E-state index in [0.29, 0.717) is 0 Å². The number of nitrogens with zero attached hydrogens (tertiary/aromatic N) is 1. The number of carbonyl (C=O) groups excluding carboxylic acids is 3. The summed E-state index contributed by atoms with van der Waals surface area (Å²) in [6, 6.07) is 10.7. The van der Waals surface area contributed by atoms with Crippen molar-refractivity contribution in [2.45, 2.75) is 19.4 Å². The molecule has 28 heavy (non-hydrogen) atoms. The molecule has 2 aromatic carbocycles. The molecule has 0 aliphatic carbocycles. The summed E-state index contributed by atoms with van der Waals surface area (Å²) < 4.78 is 18.3. The van der Waals surface area contributed by atoms with E-state index in [1.807, 2.05) is 30.3 Å². The van der Waals surface area contributed by atoms with Crippen LogP contribution in [0.1, 0.15) is 40.9 Å². The molecule has 1 heterocycles. The number of rotatable bonds is 4. The lowest BCUT2D eigenvalue weighted by Crippen LogP contribution is -2.33. The first kappa shape index (κ1) is 19.3. The average Bonchev–Trinajstić information content (AvgIpc) is 2.68. The van der Waals surface area contributed by atoms with E-state index in [0.717, 1.165) is 24.3 Å². The van der Waals surface area contributed by atoms with Gasteiger partial charge in [0.1, 0.15) is 5.82 Å². The second kappa shape index (κ2) is 8.04. The van der Waals surface area contributed by atoms with E-state index in [1.165, 1.54) is 24.0 Å². The maximum Gasteiger partial charge on any atom is 0.340 e. The number of hydrogen-bond acceptors (Lipinski definition) is 4. The van der Waals surface area contributed by atoms with Crippen LogP contribution < -0.4 is 5.32 Å². The minimum atomic E-state index is -0.831. The average molecular weight is 382 g/mol. The number of carbonyl (C=O) groups is 3. The van der Waals surface area contributed by atoms with Crippen LogP contribution in [-0.4, -0.2) is 29.8 Å². The molecule has 0 fully saturated rings. The minimum absolute atomic E-state index is 0.00582. The number of esters is 1. The first-order chi connectivity index (χ1) is 13.4. The van der Waals surface area contributed by atoms with Gasteiger partial charge in [-0.25, -0.2) is 9.18 Å². The van der Waals surface area contributed by atoms with Crippen molar-refractivity contribution < 1.29 is 23.5 Å². The number of fused-ring (bicyclic) bond motifs is 1. The van der Waals surface area contributed by atoms with Crippen LogP contribution in [0.4, 0.5) is 10.1 Å². The molecule has 0 saturated carbocycles. The number of methoxy groups -OCH3 is 1. The smallest absolute Gasteiger partial charge is 0.340 e. The Morgan fingerprint density at radius 3 is 2.64 bits per heavy atom. The van der Waals surface area contributed by atoms with Crippen LogP contribution in [0.3, 0.4) is 0 Å². The molecule has 0 bridgehead atoms. The molecule has 3 rings (SSSR count). The van der Waals surface area contributed by atoms with E-state index in [9.17, 15) is 18.8 Å². The van der Waals surface area contributed by atoms with Gasteiger partial charge in [0.15, 0.2) is 0 Å². The summed E-state index contributed by atoms with van der Waals surface area (Å²) in [5.74, 6) is -2.12. The van der Waals surface area contributed by atoms with Gasteiger partial charge in [-0.05, 0) is 35.4 Å². The van der Waals surface area contributed by atoms with Crippen molar-refractivity contribution in [1.82, 2.24) is 4.90 Å². The van der Waals surface area contributed by atoms with Crippen molar-refractivity contribution in [1.29, 1.82) is 0 Å². The normalized spacial score (nSPS) is 15.0. The van der Waals surface area contributed by atoms with Crippen molar-refractivity contribution in [2.75, 3.05) is 12.4 Å². The molecule has 144 valence electrons. The van der Waals surface area contributed by atoms with E-state index in [4.69, 9.17) is 0 Å². The minimum Gasteiger partial charge on any atom is -0.465 e. The number of amides is 2. The van der Waals surface area contributed by atoms with E-state index >= 15 is 0 Å². The zero-order valence-electron chi connectivity index (χ0n) is 15.4. The Morgan fingerprint density at radius 1 is 1.18 bits per heavy atom. The van der Waals surface area contributed by atoms with E-state index in [-0.39, 0.29) is 29.5 Å². The first-order valence-corrected chi connectivity index (χ1v) is 8.64. The highest BCUT2D eigenvalue weighted by atomic mass is 19.1. The molecule has 6 nitrogen and oxygen atoms in total. The Morgan fingerprint density at radius 2 is 1.93 bits per heavy atom. The molecule has 0 unspecified atom stereocenters. The van der Waals surface area contributed by atoms with Gasteiger partial charge < -0.3 is 15.0 Å². The summed E-state index contributed by atoms with van der Waals surface area (Å²) in [5.41, 5.74) is 1.80. The third-order valence-corrected chi connectivity index (χ3v) is 4.50. The number of benzene rings is 2.